The van der Waals surface area contributed by atoms with Crippen molar-refractivity contribution in [3.05, 3.63) is 47.9 Å². The van der Waals surface area contributed by atoms with E-state index in [-0.39, 0.29) is 65.8 Å². The maximum Gasteiger partial charge on any atom is 0.319 e. The number of piperazine rings is 1. The van der Waals surface area contributed by atoms with Gasteiger partial charge in [-0.2, -0.15) is 9.97 Å². The molecule has 46 heavy (non-hydrogen) atoms. The van der Waals surface area contributed by atoms with Gasteiger partial charge in [-0.05, 0) is 66.6 Å². The largest absolute Gasteiger partial charge is 0.508 e. The molecule has 6 heterocycles. The van der Waals surface area contributed by atoms with E-state index < -0.39 is 12.0 Å². The van der Waals surface area contributed by atoms with Crippen molar-refractivity contribution in [2.75, 3.05) is 37.7 Å². The van der Waals surface area contributed by atoms with E-state index in [1.165, 1.54) is 0 Å². The third kappa shape index (κ3) is 5.51. The summed E-state index contributed by atoms with van der Waals surface area (Å²) in [7, 11) is 0. The Morgan fingerprint density at radius 1 is 1.11 bits per heavy atom. The Balaban J connectivity index is 0.00000186. The number of nitrogens with one attached hydrogen (secondary N) is 1. The first-order valence-electron chi connectivity index (χ1n) is 15.9. The van der Waals surface area contributed by atoms with Crippen LogP contribution in [0.5, 0.6) is 11.8 Å². The maximum atomic E-state index is 16.9. The molecule has 2 aromatic carbocycles. The third-order valence-corrected chi connectivity index (χ3v) is 10.3. The standard InChI is InChI=1S/C34H38F2N6O2.2ClH/c1-19(2)25-6-3-5-20-11-24(43)12-26(28(20)25)30-29(36)31-27(14-37-30)32(41-16-22-7-8-23(17-41)38-22)40-33(39-31)44-18-34-9-4-10-42(34)15-21(35)13-34;;/h3,5-6,11-12,14,19,21-23,38,43H,4,7-10,13,15-18H2,1-2H3;2*1H/t21?,22-,23+,34?;;. The molecule has 2 aromatic heterocycles. The number of phenols is 1. The van der Waals surface area contributed by atoms with Gasteiger partial charge in [-0.3, -0.25) is 9.88 Å². The quantitative estimate of drug-likeness (QED) is 0.239. The SMILES string of the molecule is CC(C)c1cccc2cc(O)cc(-c3ncc4c(N5C[C@H]6CC[C@@H](C5)N6)nc(OCC56CCCN5CC(F)C6)nc4c3F)c12.Cl.Cl. The van der Waals surface area contributed by atoms with Gasteiger partial charge in [0, 0.05) is 49.9 Å². The van der Waals surface area contributed by atoms with E-state index in [4.69, 9.17) is 9.72 Å². The van der Waals surface area contributed by atoms with Crippen LogP contribution in [0.2, 0.25) is 0 Å². The zero-order chi connectivity index (χ0) is 30.2. The summed E-state index contributed by atoms with van der Waals surface area (Å²) >= 11 is 0. The molecule has 0 amide bonds. The van der Waals surface area contributed by atoms with Crippen LogP contribution in [-0.2, 0) is 0 Å². The number of hydrogen-bond acceptors (Lipinski definition) is 8. The van der Waals surface area contributed by atoms with Crippen LogP contribution in [0.15, 0.2) is 36.5 Å². The average molecular weight is 674 g/mol. The molecule has 12 heteroatoms. The second kappa shape index (κ2) is 12.5. The Bertz CT molecular complexity index is 1770. The molecule has 4 saturated heterocycles. The number of halogens is 4. The Labute approximate surface area is 279 Å². The van der Waals surface area contributed by atoms with Gasteiger partial charge < -0.3 is 20.1 Å². The van der Waals surface area contributed by atoms with Crippen molar-refractivity contribution in [2.24, 2.45) is 0 Å². The second-order valence-corrected chi connectivity index (χ2v) is 13.5. The maximum absolute atomic E-state index is 16.9. The minimum Gasteiger partial charge on any atom is -0.508 e. The monoisotopic (exact) mass is 672 g/mol. The Hall–Kier alpha value is -3.05. The van der Waals surface area contributed by atoms with E-state index in [1.807, 2.05) is 18.2 Å². The van der Waals surface area contributed by atoms with Crippen molar-refractivity contribution >= 4 is 52.3 Å². The van der Waals surface area contributed by atoms with Crippen LogP contribution in [0.1, 0.15) is 57.4 Å². The summed E-state index contributed by atoms with van der Waals surface area (Å²) in [4.78, 5) is 18.6. The van der Waals surface area contributed by atoms with Crippen molar-refractivity contribution < 1.29 is 18.6 Å². The molecule has 4 aliphatic heterocycles. The molecule has 2 N–H and O–H groups in total. The van der Waals surface area contributed by atoms with Crippen LogP contribution in [-0.4, -0.2) is 81.5 Å². The Kier molecular flexibility index (Phi) is 8.95. The first kappa shape index (κ1) is 32.9. The van der Waals surface area contributed by atoms with Crippen LogP contribution < -0.4 is 15.0 Å². The van der Waals surface area contributed by atoms with E-state index in [0.717, 1.165) is 61.7 Å². The molecule has 246 valence electrons. The van der Waals surface area contributed by atoms with Gasteiger partial charge >= 0.3 is 6.01 Å². The van der Waals surface area contributed by atoms with Gasteiger partial charge in [-0.1, -0.05) is 32.0 Å². The zero-order valence-corrected chi connectivity index (χ0v) is 27.6. The first-order valence-corrected chi connectivity index (χ1v) is 15.9. The number of pyridine rings is 1. The predicted octanol–water partition coefficient (Wildman–Crippen LogP) is 6.55. The van der Waals surface area contributed by atoms with Gasteiger partial charge in [0.15, 0.2) is 5.82 Å². The fourth-order valence-electron chi connectivity index (χ4n) is 8.24. The second-order valence-electron chi connectivity index (χ2n) is 13.5. The number of rotatable bonds is 6. The molecule has 4 fully saturated rings. The number of ether oxygens (including phenoxy) is 1. The van der Waals surface area contributed by atoms with Crippen molar-refractivity contribution in [2.45, 2.75) is 75.7 Å². The number of alkyl halides is 1. The highest BCUT2D eigenvalue weighted by atomic mass is 35.5. The normalized spacial score (nSPS) is 25.6. The molecule has 8 rings (SSSR count). The predicted molar refractivity (Wildman–Crippen MR) is 181 cm³/mol. The van der Waals surface area contributed by atoms with Crippen molar-refractivity contribution in [3.63, 3.8) is 0 Å². The number of hydrogen-bond donors (Lipinski definition) is 2. The molecular formula is C34H40Cl2F2N6O2. The van der Waals surface area contributed by atoms with E-state index >= 15 is 4.39 Å². The van der Waals surface area contributed by atoms with Gasteiger partial charge in [0.25, 0.3) is 0 Å². The smallest absolute Gasteiger partial charge is 0.319 e. The summed E-state index contributed by atoms with van der Waals surface area (Å²) in [5.41, 5.74) is 1.45. The molecule has 0 spiro atoms. The molecule has 4 aromatic rings. The summed E-state index contributed by atoms with van der Waals surface area (Å²) in [6.45, 7) is 7.25. The molecule has 4 atom stereocenters. The molecule has 2 unspecified atom stereocenters. The number of benzene rings is 2. The molecule has 2 bridgehead atoms. The van der Waals surface area contributed by atoms with Crippen LogP contribution in [0.25, 0.3) is 32.9 Å². The molecule has 0 aliphatic carbocycles. The number of anilines is 1. The van der Waals surface area contributed by atoms with Crippen molar-refractivity contribution in [1.82, 2.24) is 25.2 Å². The van der Waals surface area contributed by atoms with E-state index in [0.29, 0.717) is 41.8 Å². The van der Waals surface area contributed by atoms with E-state index in [1.54, 1.807) is 18.3 Å². The molecule has 8 nitrogen and oxygen atoms in total. The number of aromatic hydroxyl groups is 1. The fraction of sp³-hybridized carbons (Fsp3) is 0.500. The van der Waals surface area contributed by atoms with Gasteiger partial charge in [0.2, 0.25) is 0 Å². The number of fused-ring (bicyclic) bond motifs is 5. The molecule has 4 aliphatic rings. The topological polar surface area (TPSA) is 86.6 Å². The highest BCUT2D eigenvalue weighted by Gasteiger charge is 2.49. The summed E-state index contributed by atoms with van der Waals surface area (Å²) in [5.74, 6) is 0.253. The van der Waals surface area contributed by atoms with Crippen LogP contribution >= 0.6 is 24.8 Å². The molecular weight excluding hydrogens is 633 g/mol. The van der Waals surface area contributed by atoms with Crippen LogP contribution in [0.4, 0.5) is 14.6 Å². The summed E-state index contributed by atoms with van der Waals surface area (Å²) in [5, 5.41) is 16.5. The first-order chi connectivity index (χ1) is 21.3. The minimum atomic E-state index is -0.873. The number of aromatic nitrogens is 3. The third-order valence-electron chi connectivity index (χ3n) is 10.3. The van der Waals surface area contributed by atoms with Gasteiger partial charge in [0.05, 0.1) is 10.9 Å². The fourth-order valence-corrected chi connectivity index (χ4v) is 8.24. The number of phenolic OH excluding ortho intramolecular Hbond substituents is 1. The van der Waals surface area contributed by atoms with Gasteiger partial charge in [-0.15, -0.1) is 24.8 Å². The summed E-state index contributed by atoms with van der Waals surface area (Å²) < 4.78 is 37.6. The highest BCUT2D eigenvalue weighted by Crippen LogP contribution is 2.42. The summed E-state index contributed by atoms with van der Waals surface area (Å²) in [6.07, 6.45) is 5.27. The average Bonchev–Trinajstić information content (AvgIpc) is 3.65. The lowest BCUT2D eigenvalue weighted by Crippen LogP contribution is -2.51. The van der Waals surface area contributed by atoms with Gasteiger partial charge in [-0.25, -0.2) is 8.78 Å². The minimum absolute atomic E-state index is 0. The lowest BCUT2D eigenvalue weighted by Gasteiger charge is -2.34. The molecule has 0 saturated carbocycles. The molecule has 0 radical (unpaired) electrons. The van der Waals surface area contributed by atoms with E-state index in [9.17, 15) is 9.50 Å². The van der Waals surface area contributed by atoms with E-state index in [2.05, 4.69) is 38.9 Å². The van der Waals surface area contributed by atoms with Gasteiger partial charge in [0.1, 0.15) is 35.6 Å². The highest BCUT2D eigenvalue weighted by molar-refractivity contribution is 6.02. The summed E-state index contributed by atoms with van der Waals surface area (Å²) in [6, 6.07) is 9.99. The van der Waals surface area contributed by atoms with Crippen LogP contribution in [0.3, 0.4) is 0 Å². The number of nitrogens with zero attached hydrogens (tertiary/aromatic N) is 5. The Morgan fingerprint density at radius 3 is 2.65 bits per heavy atom. The van der Waals surface area contributed by atoms with Crippen LogP contribution in [0, 0.1) is 5.82 Å². The van der Waals surface area contributed by atoms with Crippen molar-refractivity contribution in [1.29, 1.82) is 0 Å². The van der Waals surface area contributed by atoms with Crippen molar-refractivity contribution in [3.8, 4) is 23.0 Å². The Morgan fingerprint density at radius 2 is 1.89 bits per heavy atom. The zero-order valence-electron chi connectivity index (χ0n) is 26.0. The lowest BCUT2D eigenvalue weighted by molar-refractivity contribution is 0.107. The lowest BCUT2D eigenvalue weighted by atomic mass is 9.91.